The lowest BCUT2D eigenvalue weighted by atomic mass is 9.93. The summed E-state index contributed by atoms with van der Waals surface area (Å²) < 4.78 is 13.7. The van der Waals surface area contributed by atoms with Crippen LogP contribution in [0.25, 0.3) is 11.3 Å². The van der Waals surface area contributed by atoms with Gasteiger partial charge >= 0.3 is 0 Å². The van der Waals surface area contributed by atoms with Crippen molar-refractivity contribution in [3.63, 3.8) is 0 Å². The fraction of sp³-hybridized carbons (Fsp3) is 0.500. The number of anilines is 2. The molecule has 7 nitrogen and oxygen atoms in total. The van der Waals surface area contributed by atoms with Crippen LogP contribution in [0.15, 0.2) is 18.2 Å². The molecular formula is C22H28FN5O2. The van der Waals surface area contributed by atoms with Crippen LogP contribution >= 0.6 is 0 Å². The Morgan fingerprint density at radius 1 is 1.30 bits per heavy atom. The van der Waals surface area contributed by atoms with E-state index in [9.17, 15) is 14.3 Å². The topological polar surface area (TPSA) is 90.4 Å². The molecule has 1 aliphatic heterocycles. The van der Waals surface area contributed by atoms with Crippen molar-refractivity contribution in [1.82, 2.24) is 15.3 Å². The summed E-state index contributed by atoms with van der Waals surface area (Å²) in [7, 11) is 0. The molecule has 1 aliphatic carbocycles. The summed E-state index contributed by atoms with van der Waals surface area (Å²) in [6.45, 7) is 3.97. The minimum absolute atomic E-state index is 0.0713. The maximum absolute atomic E-state index is 13.7. The zero-order valence-corrected chi connectivity index (χ0v) is 17.4. The Labute approximate surface area is 175 Å². The first-order chi connectivity index (χ1) is 14.5. The van der Waals surface area contributed by atoms with Gasteiger partial charge in [-0.1, -0.05) is 19.3 Å². The fourth-order valence-electron chi connectivity index (χ4n) is 4.30. The molecule has 0 bridgehead atoms. The molecule has 0 saturated heterocycles. The standard InChI is InChI=1S/C22H28FN5O2/c1-13-10-15(23)8-9-17(13)19-18-20(27-22(26-19)25-14(2)11-29)28(12-24-21(18)30)16-6-4-3-5-7-16/h8-10,14,16,29H,3-7,11-12H2,1-2H3,(H,24,30)(H,25,26,27)/t14-/m1/s1. The van der Waals surface area contributed by atoms with Gasteiger partial charge in [0.05, 0.1) is 19.0 Å². The Kier molecular flexibility index (Phi) is 5.85. The number of amides is 1. The highest BCUT2D eigenvalue weighted by Crippen LogP contribution is 2.36. The van der Waals surface area contributed by atoms with Crippen molar-refractivity contribution in [2.24, 2.45) is 0 Å². The molecule has 3 N–H and O–H groups in total. The van der Waals surface area contributed by atoms with E-state index in [0.717, 1.165) is 25.7 Å². The van der Waals surface area contributed by atoms with Gasteiger partial charge in [0.2, 0.25) is 5.95 Å². The third-order valence-electron chi connectivity index (χ3n) is 5.91. The first-order valence-corrected chi connectivity index (χ1v) is 10.6. The zero-order chi connectivity index (χ0) is 21.3. The number of fused-ring (bicyclic) bond motifs is 1. The average Bonchev–Trinajstić information content (AvgIpc) is 2.74. The lowest BCUT2D eigenvalue weighted by Gasteiger charge is -2.39. The largest absolute Gasteiger partial charge is 0.394 e. The van der Waals surface area contributed by atoms with Crippen LogP contribution in [-0.4, -0.2) is 46.3 Å². The molecule has 1 amide bonds. The molecule has 1 fully saturated rings. The molecule has 0 spiro atoms. The van der Waals surface area contributed by atoms with Gasteiger partial charge in [0, 0.05) is 17.6 Å². The van der Waals surface area contributed by atoms with Gasteiger partial charge in [-0.25, -0.2) is 9.37 Å². The molecule has 1 atom stereocenters. The predicted octanol–water partition coefficient (Wildman–Crippen LogP) is 3.22. The van der Waals surface area contributed by atoms with Crippen LogP contribution in [-0.2, 0) is 0 Å². The average molecular weight is 413 g/mol. The van der Waals surface area contributed by atoms with E-state index in [0.29, 0.717) is 46.9 Å². The number of hydrogen-bond donors (Lipinski definition) is 3. The molecule has 2 aromatic rings. The number of halogens is 1. The number of aromatic nitrogens is 2. The number of benzene rings is 1. The Bertz CT molecular complexity index is 945. The number of carbonyl (C=O) groups is 1. The Morgan fingerprint density at radius 3 is 2.77 bits per heavy atom. The van der Waals surface area contributed by atoms with E-state index in [1.807, 2.05) is 6.92 Å². The number of aliphatic hydroxyl groups is 1. The minimum atomic E-state index is -0.334. The van der Waals surface area contributed by atoms with E-state index in [4.69, 9.17) is 4.98 Å². The monoisotopic (exact) mass is 413 g/mol. The predicted molar refractivity (Wildman–Crippen MR) is 114 cm³/mol. The third kappa shape index (κ3) is 3.96. The Balaban J connectivity index is 1.88. The SMILES string of the molecule is Cc1cc(F)ccc1-c1nc(N[C@H](C)CO)nc2c1C(=O)NCN2C1CCCCC1. The van der Waals surface area contributed by atoms with Crippen molar-refractivity contribution in [3.05, 3.63) is 35.1 Å². The Hall–Kier alpha value is -2.74. The third-order valence-corrected chi connectivity index (χ3v) is 5.91. The van der Waals surface area contributed by atoms with Gasteiger partial charge in [-0.15, -0.1) is 0 Å². The van der Waals surface area contributed by atoms with Gasteiger partial charge in [0.1, 0.15) is 17.2 Å². The summed E-state index contributed by atoms with van der Waals surface area (Å²) >= 11 is 0. The van der Waals surface area contributed by atoms with E-state index in [-0.39, 0.29) is 24.4 Å². The highest BCUT2D eigenvalue weighted by molar-refractivity contribution is 6.06. The molecular weight excluding hydrogens is 385 g/mol. The molecule has 30 heavy (non-hydrogen) atoms. The maximum Gasteiger partial charge on any atom is 0.258 e. The first kappa shape index (κ1) is 20.5. The number of hydrogen-bond acceptors (Lipinski definition) is 6. The highest BCUT2D eigenvalue weighted by Gasteiger charge is 2.34. The van der Waals surface area contributed by atoms with Crippen molar-refractivity contribution < 1.29 is 14.3 Å². The van der Waals surface area contributed by atoms with Crippen molar-refractivity contribution in [2.75, 3.05) is 23.5 Å². The minimum Gasteiger partial charge on any atom is -0.394 e. The van der Waals surface area contributed by atoms with Crippen LogP contribution in [0.1, 0.15) is 54.9 Å². The molecule has 2 aliphatic rings. The zero-order valence-electron chi connectivity index (χ0n) is 17.4. The van der Waals surface area contributed by atoms with Crippen molar-refractivity contribution in [1.29, 1.82) is 0 Å². The summed E-state index contributed by atoms with van der Waals surface area (Å²) in [5.74, 6) is 0.397. The van der Waals surface area contributed by atoms with Crippen LogP contribution in [0.4, 0.5) is 16.2 Å². The highest BCUT2D eigenvalue weighted by atomic mass is 19.1. The van der Waals surface area contributed by atoms with E-state index in [1.54, 1.807) is 13.0 Å². The smallest absolute Gasteiger partial charge is 0.258 e. The fourth-order valence-corrected chi connectivity index (χ4v) is 4.30. The van der Waals surface area contributed by atoms with Gasteiger partial charge in [-0.05, 0) is 50.5 Å². The molecule has 0 unspecified atom stereocenters. The number of nitrogens with one attached hydrogen (secondary N) is 2. The summed E-state index contributed by atoms with van der Waals surface area (Å²) in [6, 6.07) is 4.52. The number of aryl methyl sites for hydroxylation is 1. The summed E-state index contributed by atoms with van der Waals surface area (Å²) in [6.07, 6.45) is 5.66. The summed E-state index contributed by atoms with van der Waals surface area (Å²) in [4.78, 5) is 24.4. The van der Waals surface area contributed by atoms with E-state index >= 15 is 0 Å². The lowest BCUT2D eigenvalue weighted by Crippen LogP contribution is -2.50. The van der Waals surface area contributed by atoms with Gasteiger partial charge < -0.3 is 20.6 Å². The van der Waals surface area contributed by atoms with Crippen LogP contribution in [0.5, 0.6) is 0 Å². The van der Waals surface area contributed by atoms with Crippen molar-refractivity contribution in [2.45, 2.75) is 58.0 Å². The number of rotatable bonds is 5. The number of aliphatic hydroxyl groups excluding tert-OH is 1. The second-order valence-corrected chi connectivity index (χ2v) is 8.21. The van der Waals surface area contributed by atoms with Crippen LogP contribution in [0, 0.1) is 12.7 Å². The van der Waals surface area contributed by atoms with Gasteiger partial charge in [0.15, 0.2) is 0 Å². The molecule has 0 radical (unpaired) electrons. The quantitative estimate of drug-likeness (QED) is 0.697. The van der Waals surface area contributed by atoms with Gasteiger partial charge in [-0.3, -0.25) is 4.79 Å². The number of nitrogens with zero attached hydrogens (tertiary/aromatic N) is 3. The molecule has 4 rings (SSSR count). The Morgan fingerprint density at radius 2 is 2.07 bits per heavy atom. The normalized spacial score (nSPS) is 18.0. The second-order valence-electron chi connectivity index (χ2n) is 8.21. The molecule has 160 valence electrons. The summed E-state index contributed by atoms with van der Waals surface area (Å²) in [5, 5.41) is 15.5. The van der Waals surface area contributed by atoms with Crippen LogP contribution in [0.2, 0.25) is 0 Å². The van der Waals surface area contributed by atoms with E-state index < -0.39 is 0 Å². The van der Waals surface area contributed by atoms with Gasteiger partial charge in [-0.2, -0.15) is 4.98 Å². The van der Waals surface area contributed by atoms with E-state index in [1.165, 1.54) is 18.6 Å². The summed E-state index contributed by atoms with van der Waals surface area (Å²) in [5.41, 5.74) is 2.28. The van der Waals surface area contributed by atoms with E-state index in [2.05, 4.69) is 20.5 Å². The second kappa shape index (κ2) is 8.55. The molecule has 1 aromatic heterocycles. The lowest BCUT2D eigenvalue weighted by molar-refractivity contribution is 0.0944. The molecule has 1 aromatic carbocycles. The molecule has 2 heterocycles. The van der Waals surface area contributed by atoms with Crippen LogP contribution < -0.4 is 15.5 Å². The van der Waals surface area contributed by atoms with Gasteiger partial charge in [0.25, 0.3) is 5.91 Å². The molecule has 8 heteroatoms. The molecule has 1 saturated carbocycles. The first-order valence-electron chi connectivity index (χ1n) is 10.6. The maximum atomic E-state index is 13.7. The van der Waals surface area contributed by atoms with Crippen molar-refractivity contribution >= 4 is 17.7 Å². The van der Waals surface area contributed by atoms with Crippen LogP contribution in [0.3, 0.4) is 0 Å². The number of carbonyl (C=O) groups excluding carboxylic acids is 1. The van der Waals surface area contributed by atoms with Crippen molar-refractivity contribution in [3.8, 4) is 11.3 Å².